The minimum Gasteiger partial charge on any atom is -0.506 e. The Balaban J connectivity index is 2.68. The number of esters is 1. The van der Waals surface area contributed by atoms with E-state index in [-0.39, 0.29) is 11.3 Å². The van der Waals surface area contributed by atoms with E-state index in [1.54, 1.807) is 17.8 Å². The van der Waals surface area contributed by atoms with E-state index in [4.69, 9.17) is 6.42 Å². The van der Waals surface area contributed by atoms with Crippen LogP contribution in [0.1, 0.15) is 25.0 Å². The Morgan fingerprint density at radius 3 is 2.46 bits per heavy atom. The number of benzene rings is 2. The number of ether oxygens (including phenoxy) is 1. The van der Waals surface area contributed by atoms with Crippen LogP contribution in [0.5, 0.6) is 0 Å². The molecule has 0 spiro atoms. The summed E-state index contributed by atoms with van der Waals surface area (Å²) in [5.41, 5.74) is 2.10. The predicted molar refractivity (Wildman–Crippen MR) is 107 cm³/mol. The van der Waals surface area contributed by atoms with E-state index in [9.17, 15) is 9.90 Å². The first-order valence-electron chi connectivity index (χ1n) is 8.01. The third kappa shape index (κ3) is 4.19. The van der Waals surface area contributed by atoms with Gasteiger partial charge in [-0.1, -0.05) is 54.1 Å². The molecule has 0 radical (unpaired) electrons. The number of carbonyl (C=O) groups excluding carboxylic acids is 1. The Kier molecular flexibility index (Phi) is 6.71. The zero-order chi connectivity index (χ0) is 19.1. The van der Waals surface area contributed by atoms with Crippen molar-refractivity contribution in [3.05, 3.63) is 71.3 Å². The number of methoxy groups -OCH3 is 1. The van der Waals surface area contributed by atoms with Crippen LogP contribution in [0.25, 0.3) is 11.3 Å². The van der Waals surface area contributed by atoms with Gasteiger partial charge in [0.05, 0.1) is 7.11 Å². The maximum atomic E-state index is 11.9. The van der Waals surface area contributed by atoms with Crippen LogP contribution >= 0.6 is 11.8 Å². The molecule has 26 heavy (non-hydrogen) atoms. The molecule has 0 atom stereocenters. The number of aliphatic hydroxyl groups excluding tert-OH is 1. The number of hydrogen-bond acceptors (Lipinski definition) is 4. The summed E-state index contributed by atoms with van der Waals surface area (Å²) in [5.74, 6) is 1.23. The van der Waals surface area contributed by atoms with E-state index in [0.29, 0.717) is 5.56 Å². The van der Waals surface area contributed by atoms with Crippen molar-refractivity contribution in [3.63, 3.8) is 0 Å². The second kappa shape index (κ2) is 8.98. The third-order valence-electron chi connectivity index (χ3n) is 3.85. The molecule has 2 aromatic rings. The van der Waals surface area contributed by atoms with Crippen molar-refractivity contribution in [1.82, 2.24) is 0 Å². The molecule has 0 aliphatic heterocycles. The van der Waals surface area contributed by atoms with Crippen molar-refractivity contribution in [2.75, 3.05) is 7.11 Å². The molecule has 0 heterocycles. The molecule has 2 aromatic carbocycles. The zero-order valence-electron chi connectivity index (χ0n) is 14.9. The summed E-state index contributed by atoms with van der Waals surface area (Å²) in [6.45, 7) is 3.88. The predicted octanol–water partition coefficient (Wildman–Crippen LogP) is 5.34. The number of rotatable bonds is 5. The molecule has 0 saturated carbocycles. The van der Waals surface area contributed by atoms with Gasteiger partial charge in [0.2, 0.25) is 0 Å². The van der Waals surface area contributed by atoms with E-state index >= 15 is 0 Å². The van der Waals surface area contributed by atoms with Gasteiger partial charge in [-0.2, -0.15) is 0 Å². The second-order valence-electron chi connectivity index (χ2n) is 5.43. The first-order chi connectivity index (χ1) is 12.5. The summed E-state index contributed by atoms with van der Waals surface area (Å²) in [4.78, 5) is 13.9. The van der Waals surface area contributed by atoms with Crippen LogP contribution in [0, 0.1) is 12.3 Å². The van der Waals surface area contributed by atoms with Gasteiger partial charge in [0.1, 0.15) is 5.76 Å². The van der Waals surface area contributed by atoms with E-state index in [0.717, 1.165) is 20.9 Å². The number of terminal acetylenes is 1. The topological polar surface area (TPSA) is 46.5 Å². The standard InChI is InChI=1S/C22H20O3S/c1-5-15(3)20-18(21(23)17(6-2)22(24)25-4)13-10-14-19(20)26-16-11-8-7-9-12-16/h2,5,7-14,23H,1,3-4H3/b15-5-,21-17-. The molecule has 0 fully saturated rings. The molecule has 0 bridgehead atoms. The smallest absolute Gasteiger partial charge is 0.350 e. The minimum atomic E-state index is -0.741. The number of hydrogen-bond donors (Lipinski definition) is 1. The lowest BCUT2D eigenvalue weighted by atomic mass is 9.97. The summed E-state index contributed by atoms with van der Waals surface area (Å²) < 4.78 is 4.68. The van der Waals surface area contributed by atoms with Crippen molar-refractivity contribution in [2.45, 2.75) is 23.6 Å². The second-order valence-corrected chi connectivity index (χ2v) is 6.54. The summed E-state index contributed by atoms with van der Waals surface area (Å²) in [5, 5.41) is 10.7. The summed E-state index contributed by atoms with van der Waals surface area (Å²) in [6.07, 6.45) is 7.37. The monoisotopic (exact) mass is 364 g/mol. The molecule has 2 rings (SSSR count). The van der Waals surface area contributed by atoms with E-state index in [1.165, 1.54) is 7.11 Å². The van der Waals surface area contributed by atoms with E-state index < -0.39 is 5.97 Å². The number of allylic oxidation sites excluding steroid dienone is 2. The summed E-state index contributed by atoms with van der Waals surface area (Å²) in [6, 6.07) is 15.5. The molecule has 132 valence electrons. The average Bonchev–Trinajstić information content (AvgIpc) is 2.68. The van der Waals surface area contributed by atoms with Gasteiger partial charge in [-0.15, -0.1) is 6.42 Å². The van der Waals surface area contributed by atoms with Gasteiger partial charge in [-0.25, -0.2) is 4.79 Å². The van der Waals surface area contributed by atoms with E-state index in [1.807, 2.05) is 62.4 Å². The zero-order valence-corrected chi connectivity index (χ0v) is 15.8. The quantitative estimate of drug-likeness (QED) is 0.337. The average molecular weight is 364 g/mol. The molecule has 0 amide bonds. The molecule has 4 heteroatoms. The molecule has 0 saturated heterocycles. The van der Waals surface area contributed by atoms with Crippen molar-refractivity contribution in [3.8, 4) is 12.3 Å². The van der Waals surface area contributed by atoms with Gasteiger partial charge in [0, 0.05) is 20.9 Å². The van der Waals surface area contributed by atoms with Crippen molar-refractivity contribution < 1.29 is 14.6 Å². The highest BCUT2D eigenvalue weighted by Crippen LogP contribution is 2.38. The maximum absolute atomic E-state index is 11.9. The van der Waals surface area contributed by atoms with Crippen LogP contribution < -0.4 is 0 Å². The highest BCUT2D eigenvalue weighted by atomic mass is 32.2. The summed E-state index contributed by atoms with van der Waals surface area (Å²) in [7, 11) is 1.23. The van der Waals surface area contributed by atoms with Crippen LogP contribution in [0.4, 0.5) is 0 Å². The molecule has 3 nitrogen and oxygen atoms in total. The van der Waals surface area contributed by atoms with Gasteiger partial charge >= 0.3 is 5.97 Å². The van der Waals surface area contributed by atoms with Gasteiger partial charge in [-0.3, -0.25) is 0 Å². The Labute approximate surface area is 158 Å². The minimum absolute atomic E-state index is 0.195. The Bertz CT molecular complexity index is 903. The fourth-order valence-electron chi connectivity index (χ4n) is 2.44. The van der Waals surface area contributed by atoms with Crippen LogP contribution in [0.2, 0.25) is 0 Å². The van der Waals surface area contributed by atoms with E-state index in [2.05, 4.69) is 10.7 Å². The lowest BCUT2D eigenvalue weighted by molar-refractivity contribution is -0.135. The van der Waals surface area contributed by atoms with Crippen molar-refractivity contribution in [1.29, 1.82) is 0 Å². The SMILES string of the molecule is C#C/C(C(=O)OC)=C(/O)c1cccc(Sc2ccccc2)c1/C(C)=C\C. The van der Waals surface area contributed by atoms with Gasteiger partial charge in [-0.05, 0) is 37.6 Å². The van der Waals surface area contributed by atoms with Crippen LogP contribution in [0.15, 0.2) is 70.0 Å². The molecular weight excluding hydrogens is 344 g/mol. The lowest BCUT2D eigenvalue weighted by Crippen LogP contribution is -2.07. The largest absolute Gasteiger partial charge is 0.506 e. The van der Waals surface area contributed by atoms with Crippen molar-refractivity contribution >= 4 is 29.1 Å². The molecule has 0 aliphatic rings. The van der Waals surface area contributed by atoms with Crippen LogP contribution in [-0.2, 0) is 9.53 Å². The van der Waals surface area contributed by atoms with Crippen molar-refractivity contribution in [2.24, 2.45) is 0 Å². The van der Waals surface area contributed by atoms with Gasteiger partial charge < -0.3 is 9.84 Å². The highest BCUT2D eigenvalue weighted by Gasteiger charge is 2.20. The Hall–Kier alpha value is -2.90. The lowest BCUT2D eigenvalue weighted by Gasteiger charge is -2.16. The molecule has 0 aromatic heterocycles. The molecule has 1 N–H and O–H groups in total. The fourth-order valence-corrected chi connectivity index (χ4v) is 3.51. The van der Waals surface area contributed by atoms with Gasteiger partial charge in [0.25, 0.3) is 0 Å². The van der Waals surface area contributed by atoms with Crippen LogP contribution in [0.3, 0.4) is 0 Å². The number of aliphatic hydroxyl groups is 1. The summed E-state index contributed by atoms with van der Waals surface area (Å²) >= 11 is 1.58. The fraction of sp³-hybridized carbons (Fsp3) is 0.136. The molecule has 0 unspecified atom stereocenters. The van der Waals surface area contributed by atoms with Crippen LogP contribution in [-0.4, -0.2) is 18.2 Å². The normalized spacial score (nSPS) is 12.2. The highest BCUT2D eigenvalue weighted by molar-refractivity contribution is 7.99. The Morgan fingerprint density at radius 2 is 1.88 bits per heavy atom. The number of carbonyl (C=O) groups is 1. The first kappa shape index (κ1) is 19.4. The van der Waals surface area contributed by atoms with Gasteiger partial charge in [0.15, 0.2) is 5.57 Å². The molecular formula is C22H20O3S. The molecule has 0 aliphatic carbocycles. The maximum Gasteiger partial charge on any atom is 0.350 e. The Morgan fingerprint density at radius 1 is 1.19 bits per heavy atom. The first-order valence-corrected chi connectivity index (χ1v) is 8.82. The third-order valence-corrected chi connectivity index (χ3v) is 4.92.